The Bertz CT molecular complexity index is 477. The van der Waals surface area contributed by atoms with Crippen LogP contribution in [-0.4, -0.2) is 44.1 Å². The van der Waals surface area contributed by atoms with Gasteiger partial charge in [-0.25, -0.2) is 0 Å². The Kier molecular flexibility index (Phi) is 6.29. The summed E-state index contributed by atoms with van der Waals surface area (Å²) in [5.41, 5.74) is 0.144. The molecule has 0 fully saturated rings. The van der Waals surface area contributed by atoms with E-state index >= 15 is 0 Å². The molecular formula is C13H16F3NO4. The van der Waals surface area contributed by atoms with Gasteiger partial charge in [-0.3, -0.25) is 4.79 Å². The summed E-state index contributed by atoms with van der Waals surface area (Å²) < 4.78 is 46.2. The minimum Gasteiger partial charge on any atom is -0.493 e. The molecule has 118 valence electrons. The van der Waals surface area contributed by atoms with Crippen molar-refractivity contribution in [2.45, 2.75) is 12.6 Å². The second-order valence-electron chi connectivity index (χ2n) is 4.06. The first-order valence-corrected chi connectivity index (χ1v) is 6.14. The number of carbonyl (C=O) groups is 1. The van der Waals surface area contributed by atoms with E-state index in [0.717, 1.165) is 0 Å². The summed E-state index contributed by atoms with van der Waals surface area (Å²) in [4.78, 5) is 11.7. The van der Waals surface area contributed by atoms with E-state index in [-0.39, 0.29) is 24.5 Å². The van der Waals surface area contributed by atoms with E-state index in [9.17, 15) is 18.0 Å². The van der Waals surface area contributed by atoms with Crippen LogP contribution < -0.4 is 14.8 Å². The fourth-order valence-corrected chi connectivity index (χ4v) is 1.51. The van der Waals surface area contributed by atoms with Crippen LogP contribution >= 0.6 is 0 Å². The molecule has 0 atom stereocenters. The maximum atomic E-state index is 12.0. The van der Waals surface area contributed by atoms with Crippen LogP contribution in [0.2, 0.25) is 0 Å². The van der Waals surface area contributed by atoms with Gasteiger partial charge in [-0.05, 0) is 18.2 Å². The Morgan fingerprint density at radius 2 is 2.05 bits per heavy atom. The van der Waals surface area contributed by atoms with E-state index in [2.05, 4.69) is 5.32 Å². The highest BCUT2D eigenvalue weighted by molar-refractivity contribution is 5.94. The average molecular weight is 307 g/mol. The molecule has 0 saturated carbocycles. The molecule has 0 spiro atoms. The summed E-state index contributed by atoms with van der Waals surface area (Å²) in [6.45, 7) is -0.706. The number of carbonyl (C=O) groups excluding carboxylic acids is 1. The Labute approximate surface area is 119 Å². The molecule has 2 N–H and O–H groups in total. The van der Waals surface area contributed by atoms with Crippen molar-refractivity contribution in [3.63, 3.8) is 0 Å². The number of halogens is 3. The maximum absolute atomic E-state index is 12.0. The van der Waals surface area contributed by atoms with Crippen molar-refractivity contribution in [1.82, 2.24) is 5.32 Å². The molecule has 0 unspecified atom stereocenters. The van der Waals surface area contributed by atoms with Crippen LogP contribution in [0.5, 0.6) is 11.5 Å². The molecule has 0 aliphatic carbocycles. The van der Waals surface area contributed by atoms with Gasteiger partial charge >= 0.3 is 6.18 Å². The quantitative estimate of drug-likeness (QED) is 0.805. The molecule has 0 bridgehead atoms. The standard InChI is InChI=1S/C13H16F3NO4/c1-20-10-3-2-9(8-11(10)21-7-6-18)12(19)17-5-4-13(14,15)16/h2-3,8,18H,4-7H2,1H3,(H,17,19). The van der Waals surface area contributed by atoms with E-state index in [1.54, 1.807) is 0 Å². The molecule has 1 rings (SSSR count). The van der Waals surface area contributed by atoms with Crippen LogP contribution in [0.1, 0.15) is 16.8 Å². The van der Waals surface area contributed by atoms with E-state index in [1.165, 1.54) is 25.3 Å². The molecule has 0 heterocycles. The number of hydrogen-bond donors (Lipinski definition) is 2. The van der Waals surface area contributed by atoms with Gasteiger partial charge in [-0.15, -0.1) is 0 Å². The number of aliphatic hydroxyl groups is 1. The topological polar surface area (TPSA) is 67.8 Å². The summed E-state index contributed by atoms with van der Waals surface area (Å²) in [5, 5.41) is 10.9. The van der Waals surface area contributed by atoms with Crippen LogP contribution in [0.25, 0.3) is 0 Å². The molecule has 21 heavy (non-hydrogen) atoms. The van der Waals surface area contributed by atoms with E-state index in [1.807, 2.05) is 0 Å². The molecule has 5 nitrogen and oxygen atoms in total. The summed E-state index contributed by atoms with van der Waals surface area (Å²) in [5.74, 6) is -0.0546. The monoisotopic (exact) mass is 307 g/mol. The Balaban J connectivity index is 2.71. The van der Waals surface area contributed by atoms with Gasteiger partial charge in [0.25, 0.3) is 5.91 Å². The second kappa shape index (κ2) is 7.72. The van der Waals surface area contributed by atoms with Gasteiger partial charge in [-0.1, -0.05) is 0 Å². The number of methoxy groups -OCH3 is 1. The van der Waals surface area contributed by atoms with Crippen molar-refractivity contribution < 1.29 is 32.5 Å². The molecule has 1 aromatic carbocycles. The van der Waals surface area contributed by atoms with Crippen molar-refractivity contribution >= 4 is 5.91 Å². The Morgan fingerprint density at radius 1 is 1.33 bits per heavy atom. The van der Waals surface area contributed by atoms with Gasteiger partial charge in [0.05, 0.1) is 20.1 Å². The van der Waals surface area contributed by atoms with Gasteiger partial charge in [0, 0.05) is 12.1 Å². The smallest absolute Gasteiger partial charge is 0.390 e. The van der Waals surface area contributed by atoms with Crippen molar-refractivity contribution in [2.75, 3.05) is 26.9 Å². The molecule has 0 radical (unpaired) electrons. The molecule has 0 aliphatic rings. The number of alkyl halides is 3. The van der Waals surface area contributed by atoms with Crippen molar-refractivity contribution in [3.8, 4) is 11.5 Å². The molecule has 0 saturated heterocycles. The Hall–Kier alpha value is -1.96. The van der Waals surface area contributed by atoms with Crippen molar-refractivity contribution in [3.05, 3.63) is 23.8 Å². The highest BCUT2D eigenvalue weighted by Crippen LogP contribution is 2.28. The van der Waals surface area contributed by atoms with Gasteiger partial charge in [-0.2, -0.15) is 13.2 Å². The summed E-state index contributed by atoms with van der Waals surface area (Å²) in [6.07, 6.45) is -5.41. The predicted octanol–water partition coefficient (Wildman–Crippen LogP) is 1.75. The lowest BCUT2D eigenvalue weighted by Gasteiger charge is -2.12. The van der Waals surface area contributed by atoms with Crippen LogP contribution in [0.4, 0.5) is 13.2 Å². The van der Waals surface area contributed by atoms with Gasteiger partial charge in [0.1, 0.15) is 6.61 Å². The molecule has 0 aliphatic heterocycles. The normalized spacial score (nSPS) is 11.1. The molecule has 0 aromatic heterocycles. The lowest BCUT2D eigenvalue weighted by Crippen LogP contribution is -2.27. The van der Waals surface area contributed by atoms with Crippen molar-refractivity contribution in [1.29, 1.82) is 0 Å². The Morgan fingerprint density at radius 3 is 2.62 bits per heavy atom. The zero-order valence-corrected chi connectivity index (χ0v) is 11.4. The minimum absolute atomic E-state index is 0.00943. The third-order valence-corrected chi connectivity index (χ3v) is 2.47. The maximum Gasteiger partial charge on any atom is 0.390 e. The zero-order valence-electron chi connectivity index (χ0n) is 11.4. The van der Waals surface area contributed by atoms with Crippen molar-refractivity contribution in [2.24, 2.45) is 0 Å². The van der Waals surface area contributed by atoms with E-state index < -0.39 is 25.0 Å². The third-order valence-electron chi connectivity index (χ3n) is 2.47. The van der Waals surface area contributed by atoms with Crippen LogP contribution in [0.3, 0.4) is 0 Å². The SMILES string of the molecule is COc1ccc(C(=O)NCCC(F)(F)F)cc1OCCO. The summed E-state index contributed by atoms with van der Waals surface area (Å²) in [7, 11) is 1.41. The zero-order chi connectivity index (χ0) is 15.9. The first-order valence-electron chi connectivity index (χ1n) is 6.14. The fourth-order valence-electron chi connectivity index (χ4n) is 1.51. The molecule has 1 aromatic rings. The first kappa shape index (κ1) is 17.1. The highest BCUT2D eigenvalue weighted by atomic mass is 19.4. The highest BCUT2D eigenvalue weighted by Gasteiger charge is 2.26. The summed E-state index contributed by atoms with van der Waals surface area (Å²) in [6, 6.07) is 4.22. The van der Waals surface area contributed by atoms with Crippen LogP contribution in [0, 0.1) is 0 Å². The number of aliphatic hydroxyl groups excluding tert-OH is 1. The predicted molar refractivity (Wildman–Crippen MR) is 68.6 cm³/mol. The van der Waals surface area contributed by atoms with Crippen LogP contribution in [0.15, 0.2) is 18.2 Å². The van der Waals surface area contributed by atoms with Gasteiger partial charge in [0.2, 0.25) is 0 Å². The first-order chi connectivity index (χ1) is 9.87. The average Bonchev–Trinajstić information content (AvgIpc) is 2.43. The second-order valence-corrected chi connectivity index (χ2v) is 4.06. The van der Waals surface area contributed by atoms with Gasteiger partial charge in [0.15, 0.2) is 11.5 Å². The number of amides is 1. The van der Waals surface area contributed by atoms with E-state index in [4.69, 9.17) is 14.6 Å². The van der Waals surface area contributed by atoms with Gasteiger partial charge < -0.3 is 19.9 Å². The number of rotatable bonds is 7. The van der Waals surface area contributed by atoms with Crippen LogP contribution in [-0.2, 0) is 0 Å². The largest absolute Gasteiger partial charge is 0.493 e. The lowest BCUT2D eigenvalue weighted by atomic mass is 10.2. The summed E-state index contributed by atoms with van der Waals surface area (Å²) >= 11 is 0. The fraction of sp³-hybridized carbons (Fsp3) is 0.462. The van der Waals surface area contributed by atoms with E-state index in [0.29, 0.717) is 5.75 Å². The number of nitrogens with one attached hydrogen (secondary N) is 1. The third kappa shape index (κ3) is 5.90. The number of hydrogen-bond acceptors (Lipinski definition) is 4. The number of ether oxygens (including phenoxy) is 2. The molecule has 1 amide bonds. The number of benzene rings is 1. The lowest BCUT2D eigenvalue weighted by molar-refractivity contribution is -0.132. The minimum atomic E-state index is -4.32. The molecule has 8 heteroatoms. The molecular weight excluding hydrogens is 291 g/mol.